The third-order valence-electron chi connectivity index (χ3n) is 4.39. The van der Waals surface area contributed by atoms with Gasteiger partial charge in [0.15, 0.2) is 11.0 Å². The molecule has 0 amide bonds. The van der Waals surface area contributed by atoms with E-state index in [1.54, 1.807) is 11.8 Å². The number of aromatic nitrogens is 4. The van der Waals surface area contributed by atoms with Gasteiger partial charge in [-0.15, -0.1) is 0 Å². The van der Waals surface area contributed by atoms with Crippen LogP contribution in [0.1, 0.15) is 30.7 Å². The Balaban J connectivity index is 1.99. The summed E-state index contributed by atoms with van der Waals surface area (Å²) in [5.74, 6) is 2.44. The maximum Gasteiger partial charge on any atom is 0.196 e. The lowest BCUT2D eigenvalue weighted by Gasteiger charge is -2.25. The van der Waals surface area contributed by atoms with Gasteiger partial charge in [0.1, 0.15) is 11.6 Å². The lowest BCUT2D eigenvalue weighted by molar-refractivity contribution is 0.729. The predicted molar refractivity (Wildman–Crippen MR) is 112 cm³/mol. The monoisotopic (exact) mass is 382 g/mol. The van der Waals surface area contributed by atoms with Crippen LogP contribution in [0, 0.1) is 20.8 Å². The SMILES string of the molecule is Cc1ccc(Sc2nc(Nc3cc(C)[nH]n3)c(C)c(N(C)C(C)C)n2)cc1. The average molecular weight is 383 g/mol. The molecular formula is C20H26N6S. The zero-order valence-corrected chi connectivity index (χ0v) is 17.5. The van der Waals surface area contributed by atoms with Gasteiger partial charge in [0.2, 0.25) is 0 Å². The van der Waals surface area contributed by atoms with E-state index in [0.29, 0.717) is 11.2 Å². The first-order valence-corrected chi connectivity index (χ1v) is 9.80. The van der Waals surface area contributed by atoms with Gasteiger partial charge in [-0.3, -0.25) is 5.10 Å². The smallest absolute Gasteiger partial charge is 0.196 e. The molecule has 142 valence electrons. The van der Waals surface area contributed by atoms with E-state index in [9.17, 15) is 0 Å². The maximum absolute atomic E-state index is 4.83. The van der Waals surface area contributed by atoms with Gasteiger partial charge in [0.25, 0.3) is 0 Å². The molecule has 2 heterocycles. The second kappa shape index (κ2) is 8.00. The Labute approximate surface area is 164 Å². The van der Waals surface area contributed by atoms with E-state index in [4.69, 9.17) is 9.97 Å². The summed E-state index contributed by atoms with van der Waals surface area (Å²) in [6, 6.07) is 10.7. The van der Waals surface area contributed by atoms with Crippen LogP contribution < -0.4 is 10.2 Å². The molecule has 0 bridgehead atoms. The van der Waals surface area contributed by atoms with Crippen LogP contribution in [0.25, 0.3) is 0 Å². The van der Waals surface area contributed by atoms with E-state index < -0.39 is 0 Å². The van der Waals surface area contributed by atoms with Gasteiger partial charge in [-0.05, 0) is 58.5 Å². The lowest BCUT2D eigenvalue weighted by atomic mass is 10.2. The van der Waals surface area contributed by atoms with E-state index >= 15 is 0 Å². The van der Waals surface area contributed by atoms with Crippen molar-refractivity contribution in [3.8, 4) is 0 Å². The first-order valence-electron chi connectivity index (χ1n) is 8.98. The number of H-pyrrole nitrogens is 1. The van der Waals surface area contributed by atoms with Crippen LogP contribution in [0.5, 0.6) is 0 Å². The molecule has 6 nitrogen and oxygen atoms in total. The van der Waals surface area contributed by atoms with Crippen LogP contribution in [0.3, 0.4) is 0 Å². The molecule has 0 saturated carbocycles. The fraction of sp³-hybridized carbons (Fsp3) is 0.350. The number of benzene rings is 1. The summed E-state index contributed by atoms with van der Waals surface area (Å²) in [5.41, 5.74) is 3.23. The van der Waals surface area contributed by atoms with Gasteiger partial charge in [-0.25, -0.2) is 9.97 Å². The summed E-state index contributed by atoms with van der Waals surface area (Å²) >= 11 is 1.56. The summed E-state index contributed by atoms with van der Waals surface area (Å²) in [5, 5.41) is 11.3. The van der Waals surface area contributed by atoms with E-state index in [2.05, 4.69) is 72.5 Å². The Morgan fingerprint density at radius 3 is 2.37 bits per heavy atom. The molecule has 0 radical (unpaired) electrons. The van der Waals surface area contributed by atoms with E-state index in [-0.39, 0.29) is 0 Å². The third kappa shape index (κ3) is 4.60. The molecule has 2 aromatic heterocycles. The first kappa shape index (κ1) is 19.2. The van der Waals surface area contributed by atoms with Crippen molar-refractivity contribution >= 4 is 29.2 Å². The fourth-order valence-corrected chi connectivity index (χ4v) is 3.31. The Bertz CT molecular complexity index is 917. The highest BCUT2D eigenvalue weighted by molar-refractivity contribution is 7.99. The van der Waals surface area contributed by atoms with E-state index in [0.717, 1.165) is 33.6 Å². The minimum atomic E-state index is 0.330. The third-order valence-corrected chi connectivity index (χ3v) is 5.26. The molecule has 3 aromatic rings. The molecular weight excluding hydrogens is 356 g/mol. The number of aryl methyl sites for hydroxylation is 2. The Morgan fingerprint density at radius 2 is 1.78 bits per heavy atom. The van der Waals surface area contributed by atoms with Crippen molar-refractivity contribution in [1.82, 2.24) is 20.2 Å². The van der Waals surface area contributed by atoms with E-state index in [1.165, 1.54) is 5.56 Å². The highest BCUT2D eigenvalue weighted by Crippen LogP contribution is 2.32. The summed E-state index contributed by atoms with van der Waals surface area (Å²) in [6.45, 7) is 10.4. The number of aromatic amines is 1. The fourth-order valence-electron chi connectivity index (χ4n) is 2.56. The first-order chi connectivity index (χ1) is 12.8. The maximum atomic E-state index is 4.83. The quantitative estimate of drug-likeness (QED) is 0.593. The summed E-state index contributed by atoms with van der Waals surface area (Å²) < 4.78 is 0. The number of nitrogens with zero attached hydrogens (tertiary/aromatic N) is 4. The molecule has 2 N–H and O–H groups in total. The second-order valence-electron chi connectivity index (χ2n) is 6.98. The Morgan fingerprint density at radius 1 is 1.07 bits per heavy atom. The molecule has 0 spiro atoms. The Hall–Kier alpha value is -2.54. The molecule has 0 saturated heterocycles. The molecule has 0 aliphatic heterocycles. The summed E-state index contributed by atoms with van der Waals surface area (Å²) in [6.07, 6.45) is 0. The van der Waals surface area contributed by atoms with Gasteiger partial charge in [-0.1, -0.05) is 17.7 Å². The molecule has 0 unspecified atom stereocenters. The standard InChI is InChI=1S/C20H26N6S/c1-12(2)26(6)19-15(5)18(21-17-11-14(4)24-25-17)22-20(23-19)27-16-9-7-13(3)8-10-16/h7-12H,1-6H3,(H2,21,22,23,24,25). The zero-order valence-electron chi connectivity index (χ0n) is 16.7. The van der Waals surface area contributed by atoms with Crippen molar-refractivity contribution in [2.75, 3.05) is 17.3 Å². The molecule has 0 aliphatic rings. The van der Waals surface area contributed by atoms with Gasteiger partial charge in [-0.2, -0.15) is 5.10 Å². The molecule has 27 heavy (non-hydrogen) atoms. The van der Waals surface area contributed by atoms with Crippen molar-refractivity contribution in [1.29, 1.82) is 0 Å². The topological polar surface area (TPSA) is 69.7 Å². The second-order valence-corrected chi connectivity index (χ2v) is 8.03. The van der Waals surface area contributed by atoms with Crippen molar-refractivity contribution in [3.63, 3.8) is 0 Å². The number of nitrogens with one attached hydrogen (secondary N) is 2. The van der Waals surface area contributed by atoms with Crippen LogP contribution >= 0.6 is 11.8 Å². The normalized spacial score (nSPS) is 11.1. The molecule has 0 aliphatic carbocycles. The molecule has 0 atom stereocenters. The highest BCUT2D eigenvalue weighted by Gasteiger charge is 2.17. The van der Waals surface area contributed by atoms with Crippen LogP contribution in [-0.2, 0) is 0 Å². The number of rotatable bonds is 6. The summed E-state index contributed by atoms with van der Waals surface area (Å²) in [7, 11) is 2.06. The van der Waals surface area contributed by atoms with Crippen LogP contribution in [0.15, 0.2) is 40.4 Å². The molecule has 0 fully saturated rings. The highest BCUT2D eigenvalue weighted by atomic mass is 32.2. The Kier molecular flexibility index (Phi) is 5.70. The number of anilines is 3. The predicted octanol–water partition coefficient (Wildman–Crippen LogP) is 4.86. The lowest BCUT2D eigenvalue weighted by Crippen LogP contribution is -2.28. The average Bonchev–Trinajstić information content (AvgIpc) is 3.03. The minimum absolute atomic E-state index is 0.330. The van der Waals surface area contributed by atoms with E-state index in [1.807, 2.05) is 19.9 Å². The van der Waals surface area contributed by atoms with Crippen LogP contribution in [0.4, 0.5) is 17.5 Å². The van der Waals surface area contributed by atoms with Gasteiger partial charge < -0.3 is 10.2 Å². The summed E-state index contributed by atoms with van der Waals surface area (Å²) in [4.78, 5) is 12.9. The molecule has 3 rings (SSSR count). The van der Waals surface area contributed by atoms with Crippen molar-refractivity contribution in [2.24, 2.45) is 0 Å². The van der Waals surface area contributed by atoms with Gasteiger partial charge in [0.05, 0.1) is 0 Å². The van der Waals surface area contributed by atoms with Gasteiger partial charge in [0, 0.05) is 35.3 Å². The largest absolute Gasteiger partial charge is 0.357 e. The van der Waals surface area contributed by atoms with Crippen molar-refractivity contribution in [3.05, 3.63) is 47.2 Å². The van der Waals surface area contributed by atoms with Crippen LogP contribution in [-0.4, -0.2) is 33.3 Å². The molecule has 7 heteroatoms. The number of hydrogen-bond acceptors (Lipinski definition) is 6. The van der Waals surface area contributed by atoms with Crippen LogP contribution in [0.2, 0.25) is 0 Å². The zero-order chi connectivity index (χ0) is 19.6. The number of hydrogen-bond donors (Lipinski definition) is 2. The van der Waals surface area contributed by atoms with Crippen molar-refractivity contribution in [2.45, 2.75) is 50.7 Å². The molecule has 1 aromatic carbocycles. The minimum Gasteiger partial charge on any atom is -0.357 e. The van der Waals surface area contributed by atoms with Gasteiger partial charge >= 0.3 is 0 Å². The van der Waals surface area contributed by atoms with Crippen molar-refractivity contribution < 1.29 is 0 Å².